The Morgan fingerprint density at radius 3 is 2.88 bits per heavy atom. The molecule has 0 fully saturated rings. The van der Waals surface area contributed by atoms with Gasteiger partial charge in [-0.15, -0.1) is 11.8 Å². The molecule has 0 radical (unpaired) electrons. The third-order valence-electron chi connectivity index (χ3n) is 1.80. The van der Waals surface area contributed by atoms with E-state index in [4.69, 9.17) is 0 Å². The van der Waals surface area contributed by atoms with Crippen molar-refractivity contribution in [2.24, 2.45) is 0 Å². The Kier molecular flexibility index (Phi) is 5.01. The van der Waals surface area contributed by atoms with E-state index >= 15 is 0 Å². The molecule has 0 aromatic heterocycles. The SMILES string of the molecule is CS/C(=C\c1cccc(O)c1)C(=O)NC=S. The van der Waals surface area contributed by atoms with Gasteiger partial charge in [-0.1, -0.05) is 24.4 Å². The lowest BCUT2D eigenvalue weighted by atomic mass is 10.2. The van der Waals surface area contributed by atoms with Crippen LogP contribution in [-0.4, -0.2) is 22.8 Å². The molecule has 0 saturated carbocycles. The van der Waals surface area contributed by atoms with Crippen molar-refractivity contribution in [3.8, 4) is 5.75 Å². The summed E-state index contributed by atoms with van der Waals surface area (Å²) in [4.78, 5) is 12.0. The number of rotatable bonds is 4. The van der Waals surface area contributed by atoms with Crippen LogP contribution in [0.1, 0.15) is 5.56 Å². The summed E-state index contributed by atoms with van der Waals surface area (Å²) < 4.78 is 0. The normalized spacial score (nSPS) is 10.9. The van der Waals surface area contributed by atoms with Crippen LogP contribution in [0, 0.1) is 0 Å². The number of thioether (sulfide) groups is 1. The number of hydrogen-bond acceptors (Lipinski definition) is 4. The van der Waals surface area contributed by atoms with Crippen LogP contribution in [-0.2, 0) is 4.79 Å². The standard InChI is InChI=1S/C11H11NO2S2/c1-16-10(11(14)12-7-15)6-8-3-2-4-9(13)5-8/h2-7,13H,1H3,(H,12,14,15)/b10-6-. The predicted molar refractivity (Wildman–Crippen MR) is 71.4 cm³/mol. The molecule has 0 bridgehead atoms. The summed E-state index contributed by atoms with van der Waals surface area (Å²) >= 11 is 5.87. The molecular weight excluding hydrogens is 242 g/mol. The van der Waals surface area contributed by atoms with Crippen LogP contribution in [0.5, 0.6) is 5.75 Å². The number of aromatic hydroxyl groups is 1. The molecule has 3 nitrogen and oxygen atoms in total. The third-order valence-corrected chi connectivity index (χ3v) is 2.66. The van der Waals surface area contributed by atoms with Gasteiger partial charge in [0.05, 0.1) is 10.4 Å². The second kappa shape index (κ2) is 6.30. The molecule has 1 rings (SSSR count). The number of phenolic OH excluding ortho intramolecular Hbond substituents is 1. The highest BCUT2D eigenvalue weighted by molar-refractivity contribution is 8.03. The molecule has 2 N–H and O–H groups in total. The van der Waals surface area contributed by atoms with Crippen molar-refractivity contribution in [2.75, 3.05) is 6.26 Å². The number of amides is 1. The molecule has 0 saturated heterocycles. The molecule has 0 unspecified atom stereocenters. The molecule has 1 aromatic carbocycles. The maximum atomic E-state index is 11.5. The molecule has 0 aliphatic carbocycles. The van der Waals surface area contributed by atoms with Crippen LogP contribution < -0.4 is 5.32 Å². The molecule has 84 valence electrons. The summed E-state index contributed by atoms with van der Waals surface area (Å²) in [5, 5.41) is 11.7. The lowest BCUT2D eigenvalue weighted by molar-refractivity contribution is -0.115. The third kappa shape index (κ3) is 3.67. The first-order valence-electron chi connectivity index (χ1n) is 4.46. The first kappa shape index (κ1) is 12.7. The minimum absolute atomic E-state index is 0.171. The van der Waals surface area contributed by atoms with E-state index in [9.17, 15) is 9.90 Å². The number of thiocarbonyl (C=S) groups is 1. The van der Waals surface area contributed by atoms with Crippen LogP contribution >= 0.6 is 24.0 Å². The first-order chi connectivity index (χ1) is 7.67. The fraction of sp³-hybridized carbons (Fsp3) is 0.0909. The quantitative estimate of drug-likeness (QED) is 0.638. The average molecular weight is 253 g/mol. The zero-order valence-corrected chi connectivity index (χ0v) is 10.3. The molecule has 0 atom stereocenters. The van der Waals surface area contributed by atoms with Gasteiger partial charge in [0.2, 0.25) is 0 Å². The second-order valence-electron chi connectivity index (χ2n) is 2.90. The lowest BCUT2D eigenvalue weighted by Crippen LogP contribution is -2.20. The Morgan fingerprint density at radius 2 is 2.31 bits per heavy atom. The smallest absolute Gasteiger partial charge is 0.262 e. The molecule has 1 aromatic rings. The monoisotopic (exact) mass is 253 g/mol. The average Bonchev–Trinajstić information content (AvgIpc) is 2.26. The second-order valence-corrected chi connectivity index (χ2v) is 3.98. The highest BCUT2D eigenvalue weighted by atomic mass is 32.2. The molecule has 0 aliphatic rings. The topological polar surface area (TPSA) is 49.3 Å². The van der Waals surface area contributed by atoms with Gasteiger partial charge in [-0.2, -0.15) is 0 Å². The summed E-state index contributed by atoms with van der Waals surface area (Å²) in [6.07, 6.45) is 3.50. The Balaban J connectivity index is 2.95. The van der Waals surface area contributed by atoms with Gasteiger partial charge < -0.3 is 10.4 Å². The highest BCUT2D eigenvalue weighted by Crippen LogP contribution is 2.19. The van der Waals surface area contributed by atoms with Crippen molar-refractivity contribution >= 4 is 41.5 Å². The Morgan fingerprint density at radius 1 is 1.56 bits per heavy atom. The number of carbonyl (C=O) groups is 1. The van der Waals surface area contributed by atoms with Gasteiger partial charge in [0.15, 0.2) is 0 Å². The van der Waals surface area contributed by atoms with Crippen LogP contribution in [0.15, 0.2) is 29.2 Å². The van der Waals surface area contributed by atoms with Crippen LogP contribution in [0.3, 0.4) is 0 Å². The van der Waals surface area contributed by atoms with E-state index in [1.807, 2.05) is 0 Å². The van der Waals surface area contributed by atoms with E-state index in [2.05, 4.69) is 17.5 Å². The summed E-state index contributed by atoms with van der Waals surface area (Å²) in [7, 11) is 0. The van der Waals surface area contributed by atoms with Crippen LogP contribution in [0.25, 0.3) is 6.08 Å². The molecule has 5 heteroatoms. The number of hydrogen-bond donors (Lipinski definition) is 2. The largest absolute Gasteiger partial charge is 0.508 e. The van der Waals surface area contributed by atoms with Crippen molar-refractivity contribution in [3.63, 3.8) is 0 Å². The van der Waals surface area contributed by atoms with E-state index in [1.165, 1.54) is 17.3 Å². The summed E-state index contributed by atoms with van der Waals surface area (Å²) in [6, 6.07) is 6.69. The summed E-state index contributed by atoms with van der Waals surface area (Å²) in [6.45, 7) is 0. The highest BCUT2D eigenvalue weighted by Gasteiger charge is 2.06. The fourth-order valence-electron chi connectivity index (χ4n) is 1.11. The zero-order valence-electron chi connectivity index (χ0n) is 8.64. The summed E-state index contributed by atoms with van der Waals surface area (Å²) in [5.41, 5.74) is 1.94. The lowest BCUT2D eigenvalue weighted by Gasteiger charge is -2.02. The molecule has 0 aliphatic heterocycles. The van der Waals surface area contributed by atoms with E-state index in [-0.39, 0.29) is 11.7 Å². The molecule has 16 heavy (non-hydrogen) atoms. The Bertz CT molecular complexity index is 430. The van der Waals surface area contributed by atoms with Gasteiger partial charge >= 0.3 is 0 Å². The summed E-state index contributed by atoms with van der Waals surface area (Å²) in [5.74, 6) is -0.0738. The molecule has 0 heterocycles. The molecule has 1 amide bonds. The van der Waals surface area contributed by atoms with Crippen molar-refractivity contribution in [1.29, 1.82) is 0 Å². The van der Waals surface area contributed by atoms with Crippen LogP contribution in [0.4, 0.5) is 0 Å². The van der Waals surface area contributed by atoms with E-state index in [0.717, 1.165) is 5.56 Å². The van der Waals surface area contributed by atoms with Crippen molar-refractivity contribution in [2.45, 2.75) is 0 Å². The first-order valence-corrected chi connectivity index (χ1v) is 6.16. The van der Waals surface area contributed by atoms with E-state index < -0.39 is 0 Å². The van der Waals surface area contributed by atoms with Gasteiger partial charge in [-0.25, -0.2) is 0 Å². The maximum absolute atomic E-state index is 11.5. The van der Waals surface area contributed by atoms with Crippen molar-refractivity contribution < 1.29 is 9.90 Å². The van der Waals surface area contributed by atoms with Gasteiger partial charge in [0.25, 0.3) is 5.91 Å². The van der Waals surface area contributed by atoms with E-state index in [1.54, 1.807) is 36.6 Å². The number of carbonyl (C=O) groups excluding carboxylic acids is 1. The Hall–Kier alpha value is -1.33. The number of benzene rings is 1. The minimum atomic E-state index is -0.245. The Labute approximate surface area is 104 Å². The van der Waals surface area contributed by atoms with Gasteiger partial charge in [0, 0.05) is 0 Å². The molecular formula is C11H11NO2S2. The minimum Gasteiger partial charge on any atom is -0.508 e. The predicted octanol–water partition coefficient (Wildman–Crippen LogP) is 2.17. The van der Waals surface area contributed by atoms with Crippen molar-refractivity contribution in [3.05, 3.63) is 34.7 Å². The zero-order chi connectivity index (χ0) is 12.0. The van der Waals surface area contributed by atoms with E-state index in [0.29, 0.717) is 4.91 Å². The number of phenols is 1. The van der Waals surface area contributed by atoms with Crippen molar-refractivity contribution in [1.82, 2.24) is 5.32 Å². The van der Waals surface area contributed by atoms with Gasteiger partial charge in [0.1, 0.15) is 5.75 Å². The van der Waals surface area contributed by atoms with Crippen LogP contribution in [0.2, 0.25) is 0 Å². The molecule has 0 spiro atoms. The number of nitrogens with one attached hydrogen (secondary N) is 1. The van der Waals surface area contributed by atoms with Gasteiger partial charge in [-0.05, 0) is 30.0 Å². The fourth-order valence-corrected chi connectivity index (χ4v) is 1.71. The maximum Gasteiger partial charge on any atom is 0.262 e. The van der Waals surface area contributed by atoms with Gasteiger partial charge in [-0.3, -0.25) is 4.79 Å².